The summed E-state index contributed by atoms with van der Waals surface area (Å²) >= 11 is 0. The number of hydrogen-bond donors (Lipinski definition) is 2. The first-order chi connectivity index (χ1) is 7.66. The van der Waals surface area contributed by atoms with Crippen LogP contribution in [0.3, 0.4) is 0 Å². The van der Waals surface area contributed by atoms with Crippen molar-refractivity contribution >= 4 is 17.3 Å². The lowest BCUT2D eigenvalue weighted by Gasteiger charge is -2.07. The minimum Gasteiger partial charge on any atom is -0.382 e. The van der Waals surface area contributed by atoms with Gasteiger partial charge in [0.15, 0.2) is 5.82 Å². The molecule has 0 aliphatic rings. The van der Waals surface area contributed by atoms with Crippen molar-refractivity contribution < 1.29 is 8.78 Å². The molecule has 4 nitrogen and oxygen atoms in total. The van der Waals surface area contributed by atoms with Crippen molar-refractivity contribution in [3.63, 3.8) is 0 Å². The van der Waals surface area contributed by atoms with E-state index in [0.717, 1.165) is 12.1 Å². The molecule has 2 aromatic rings. The van der Waals surface area contributed by atoms with Crippen LogP contribution in [0.2, 0.25) is 0 Å². The van der Waals surface area contributed by atoms with E-state index >= 15 is 0 Å². The lowest BCUT2D eigenvalue weighted by atomic mass is 10.3. The average molecular weight is 222 g/mol. The highest BCUT2D eigenvalue weighted by molar-refractivity contribution is 5.57. The second-order valence-corrected chi connectivity index (χ2v) is 3.05. The third-order valence-electron chi connectivity index (χ3n) is 1.87. The van der Waals surface area contributed by atoms with Crippen LogP contribution < -0.4 is 11.1 Å². The number of halogens is 2. The Hall–Kier alpha value is -2.24. The molecule has 3 N–H and O–H groups in total. The summed E-state index contributed by atoms with van der Waals surface area (Å²) in [6.45, 7) is 0. The molecular weight excluding hydrogens is 214 g/mol. The minimum absolute atomic E-state index is 0.168. The molecule has 0 aliphatic carbocycles. The Morgan fingerprint density at radius 3 is 2.44 bits per heavy atom. The summed E-state index contributed by atoms with van der Waals surface area (Å²) in [6, 6.07) is 3.57. The molecule has 82 valence electrons. The highest BCUT2D eigenvalue weighted by Crippen LogP contribution is 2.21. The fraction of sp³-hybridized carbons (Fsp3) is 0. The second-order valence-electron chi connectivity index (χ2n) is 3.05. The van der Waals surface area contributed by atoms with Gasteiger partial charge in [0.05, 0.1) is 12.4 Å². The normalized spacial score (nSPS) is 10.1. The molecule has 1 heterocycles. The second kappa shape index (κ2) is 4.09. The third kappa shape index (κ3) is 2.05. The van der Waals surface area contributed by atoms with Crippen molar-refractivity contribution in [1.82, 2.24) is 9.97 Å². The van der Waals surface area contributed by atoms with Gasteiger partial charge >= 0.3 is 0 Å². The van der Waals surface area contributed by atoms with Crippen molar-refractivity contribution in [2.45, 2.75) is 0 Å². The standard InChI is InChI=1S/C10H8F2N4/c11-6-2-1-3-7(12)10(6)16-9-5-14-4-8(13)15-9/h1-5H,(H3,13,15,16). The summed E-state index contributed by atoms with van der Waals surface area (Å²) < 4.78 is 26.5. The van der Waals surface area contributed by atoms with Gasteiger partial charge < -0.3 is 11.1 Å². The molecule has 0 spiro atoms. The van der Waals surface area contributed by atoms with Gasteiger partial charge in [-0.15, -0.1) is 0 Å². The fourth-order valence-corrected chi connectivity index (χ4v) is 1.19. The molecule has 0 bridgehead atoms. The Morgan fingerprint density at radius 1 is 1.12 bits per heavy atom. The molecule has 2 rings (SSSR count). The number of nitrogens with two attached hydrogens (primary N) is 1. The van der Waals surface area contributed by atoms with E-state index in [-0.39, 0.29) is 17.3 Å². The molecule has 0 amide bonds. The topological polar surface area (TPSA) is 63.8 Å². The van der Waals surface area contributed by atoms with Crippen LogP contribution in [0.15, 0.2) is 30.6 Å². The van der Waals surface area contributed by atoms with Gasteiger partial charge in [0.25, 0.3) is 0 Å². The van der Waals surface area contributed by atoms with E-state index < -0.39 is 11.6 Å². The van der Waals surface area contributed by atoms with Crippen molar-refractivity contribution in [2.24, 2.45) is 0 Å². The van der Waals surface area contributed by atoms with Gasteiger partial charge in [0.2, 0.25) is 0 Å². The maximum absolute atomic E-state index is 13.3. The predicted molar refractivity (Wildman–Crippen MR) is 56.1 cm³/mol. The van der Waals surface area contributed by atoms with Crippen molar-refractivity contribution in [2.75, 3.05) is 11.1 Å². The van der Waals surface area contributed by atoms with E-state index in [9.17, 15) is 8.78 Å². The molecule has 0 aliphatic heterocycles. The molecule has 0 saturated heterocycles. The summed E-state index contributed by atoms with van der Waals surface area (Å²) in [5.41, 5.74) is 5.11. The third-order valence-corrected chi connectivity index (χ3v) is 1.87. The maximum Gasteiger partial charge on any atom is 0.151 e. The van der Waals surface area contributed by atoms with E-state index in [2.05, 4.69) is 15.3 Å². The van der Waals surface area contributed by atoms with Gasteiger partial charge in [-0.1, -0.05) is 6.07 Å². The minimum atomic E-state index is -0.704. The molecule has 1 aromatic heterocycles. The number of nitrogen functional groups attached to an aromatic ring is 1. The molecule has 6 heteroatoms. The van der Waals surface area contributed by atoms with Gasteiger partial charge in [-0.2, -0.15) is 0 Å². The summed E-state index contributed by atoms with van der Waals surface area (Å²) in [4.78, 5) is 7.57. The van der Waals surface area contributed by atoms with Gasteiger partial charge in [-0.25, -0.2) is 13.8 Å². The Morgan fingerprint density at radius 2 is 1.81 bits per heavy atom. The van der Waals surface area contributed by atoms with Crippen LogP contribution in [0.1, 0.15) is 0 Å². The van der Waals surface area contributed by atoms with E-state index in [4.69, 9.17) is 5.73 Å². The molecule has 0 radical (unpaired) electrons. The van der Waals surface area contributed by atoms with E-state index in [0.29, 0.717) is 0 Å². The zero-order valence-electron chi connectivity index (χ0n) is 8.11. The number of aromatic nitrogens is 2. The van der Waals surface area contributed by atoms with Crippen molar-refractivity contribution in [1.29, 1.82) is 0 Å². The van der Waals surface area contributed by atoms with Gasteiger partial charge in [0.1, 0.15) is 23.1 Å². The Labute approximate surface area is 90.1 Å². The van der Waals surface area contributed by atoms with Crippen LogP contribution in [-0.4, -0.2) is 9.97 Å². The number of benzene rings is 1. The smallest absolute Gasteiger partial charge is 0.151 e. The molecular formula is C10H8F2N4. The number of nitrogens with zero attached hydrogens (tertiary/aromatic N) is 2. The largest absolute Gasteiger partial charge is 0.382 e. The number of rotatable bonds is 2. The molecule has 0 fully saturated rings. The van der Waals surface area contributed by atoms with Crippen LogP contribution in [0.4, 0.5) is 26.1 Å². The van der Waals surface area contributed by atoms with Crippen LogP contribution in [-0.2, 0) is 0 Å². The lowest BCUT2D eigenvalue weighted by molar-refractivity contribution is 0.590. The summed E-state index contributed by atoms with van der Waals surface area (Å²) in [7, 11) is 0. The maximum atomic E-state index is 13.3. The zero-order valence-corrected chi connectivity index (χ0v) is 8.11. The summed E-state index contributed by atoms with van der Waals surface area (Å²) in [5, 5.41) is 2.48. The molecule has 0 unspecified atom stereocenters. The number of hydrogen-bond acceptors (Lipinski definition) is 4. The van der Waals surface area contributed by atoms with Crippen molar-refractivity contribution in [3.05, 3.63) is 42.2 Å². The highest BCUT2D eigenvalue weighted by atomic mass is 19.1. The number of anilines is 3. The highest BCUT2D eigenvalue weighted by Gasteiger charge is 2.08. The first-order valence-electron chi connectivity index (χ1n) is 4.45. The number of para-hydroxylation sites is 1. The van der Waals surface area contributed by atoms with E-state index in [1.165, 1.54) is 18.5 Å². The van der Waals surface area contributed by atoms with Gasteiger partial charge in [-0.05, 0) is 12.1 Å². The Kier molecular flexibility index (Phi) is 2.63. The Balaban J connectivity index is 2.34. The molecule has 0 atom stereocenters. The van der Waals surface area contributed by atoms with Gasteiger partial charge in [0, 0.05) is 0 Å². The monoisotopic (exact) mass is 222 g/mol. The van der Waals surface area contributed by atoms with Crippen LogP contribution in [0.5, 0.6) is 0 Å². The van der Waals surface area contributed by atoms with E-state index in [1.807, 2.05) is 0 Å². The van der Waals surface area contributed by atoms with Crippen LogP contribution in [0, 0.1) is 11.6 Å². The molecule has 1 aromatic carbocycles. The fourth-order valence-electron chi connectivity index (χ4n) is 1.19. The molecule has 16 heavy (non-hydrogen) atoms. The van der Waals surface area contributed by atoms with Crippen LogP contribution in [0.25, 0.3) is 0 Å². The summed E-state index contributed by atoms with van der Waals surface area (Å²) in [6.07, 6.45) is 2.66. The first kappa shape index (κ1) is 10.3. The SMILES string of the molecule is Nc1cncc(Nc2c(F)cccc2F)n1. The van der Waals surface area contributed by atoms with Crippen LogP contribution >= 0.6 is 0 Å². The zero-order chi connectivity index (χ0) is 11.5. The van der Waals surface area contributed by atoms with Gasteiger partial charge in [-0.3, -0.25) is 4.98 Å². The first-order valence-corrected chi connectivity index (χ1v) is 4.45. The predicted octanol–water partition coefficient (Wildman–Crippen LogP) is 2.08. The molecule has 0 saturated carbocycles. The van der Waals surface area contributed by atoms with E-state index in [1.54, 1.807) is 0 Å². The lowest BCUT2D eigenvalue weighted by Crippen LogP contribution is -2.01. The average Bonchev–Trinajstić information content (AvgIpc) is 2.24. The summed E-state index contributed by atoms with van der Waals surface area (Å²) in [5.74, 6) is -1.06. The Bertz CT molecular complexity index is 496. The number of nitrogens with one attached hydrogen (secondary N) is 1. The van der Waals surface area contributed by atoms with Crippen molar-refractivity contribution in [3.8, 4) is 0 Å². The quantitative estimate of drug-likeness (QED) is 0.816.